The molecule has 0 aliphatic carbocycles. The summed E-state index contributed by atoms with van der Waals surface area (Å²) in [7, 11) is 1.43. The third kappa shape index (κ3) is 4.33. The van der Waals surface area contributed by atoms with Crippen LogP contribution in [0.2, 0.25) is 0 Å². The van der Waals surface area contributed by atoms with Gasteiger partial charge < -0.3 is 14.2 Å². The van der Waals surface area contributed by atoms with Crippen molar-refractivity contribution in [3.05, 3.63) is 17.5 Å². The lowest BCUT2D eigenvalue weighted by molar-refractivity contribution is -0.141. The highest BCUT2D eigenvalue weighted by Crippen LogP contribution is 2.09. The fraction of sp³-hybridized carbons (Fsp3) is 0.692. The van der Waals surface area contributed by atoms with Gasteiger partial charge in [-0.2, -0.15) is 0 Å². The molecule has 6 heteroatoms. The highest BCUT2D eigenvalue weighted by atomic mass is 16.5. The summed E-state index contributed by atoms with van der Waals surface area (Å²) in [5.41, 5.74) is 0.923. The summed E-state index contributed by atoms with van der Waals surface area (Å²) >= 11 is 0. The maximum absolute atomic E-state index is 11.1. The van der Waals surface area contributed by atoms with Crippen LogP contribution in [-0.2, 0) is 16.1 Å². The van der Waals surface area contributed by atoms with E-state index < -0.39 is 0 Å². The van der Waals surface area contributed by atoms with E-state index in [-0.39, 0.29) is 5.97 Å². The van der Waals surface area contributed by atoms with E-state index >= 15 is 0 Å². The van der Waals surface area contributed by atoms with Gasteiger partial charge >= 0.3 is 5.97 Å². The van der Waals surface area contributed by atoms with Gasteiger partial charge in [0.1, 0.15) is 0 Å². The molecule has 106 valence electrons. The zero-order valence-electron chi connectivity index (χ0n) is 11.6. The summed E-state index contributed by atoms with van der Waals surface area (Å²) in [6.45, 7) is 7.45. The first-order valence-electron chi connectivity index (χ1n) is 6.61. The molecular formula is C13H21N3O3. The number of aromatic nitrogens is 1. The van der Waals surface area contributed by atoms with Gasteiger partial charge in [0.15, 0.2) is 5.76 Å². The number of piperazine rings is 1. The molecule has 0 unspecified atom stereocenters. The smallest absolute Gasteiger partial charge is 0.306 e. The Morgan fingerprint density at radius 3 is 2.63 bits per heavy atom. The number of rotatable bonds is 5. The highest BCUT2D eigenvalue weighted by molar-refractivity contribution is 5.69. The molecule has 0 aromatic carbocycles. The molecular weight excluding hydrogens is 246 g/mol. The molecule has 0 N–H and O–H groups in total. The third-order valence-electron chi connectivity index (χ3n) is 3.38. The van der Waals surface area contributed by atoms with E-state index in [1.807, 2.05) is 13.0 Å². The van der Waals surface area contributed by atoms with Gasteiger partial charge in [-0.1, -0.05) is 5.16 Å². The lowest BCUT2D eigenvalue weighted by Crippen LogP contribution is -2.46. The molecule has 2 rings (SSSR count). The summed E-state index contributed by atoms with van der Waals surface area (Å²) in [4.78, 5) is 15.7. The second kappa shape index (κ2) is 6.68. The van der Waals surface area contributed by atoms with Gasteiger partial charge in [0.05, 0.1) is 25.8 Å². The number of aryl methyl sites for hydroxylation is 1. The molecule has 1 aromatic rings. The fourth-order valence-electron chi connectivity index (χ4n) is 2.23. The topological polar surface area (TPSA) is 58.8 Å². The van der Waals surface area contributed by atoms with E-state index in [0.717, 1.165) is 50.7 Å². The molecule has 0 bridgehead atoms. The minimum Gasteiger partial charge on any atom is -0.469 e. The van der Waals surface area contributed by atoms with Gasteiger partial charge in [0.25, 0.3) is 0 Å². The zero-order chi connectivity index (χ0) is 13.7. The molecule has 0 spiro atoms. The van der Waals surface area contributed by atoms with Crippen molar-refractivity contribution >= 4 is 5.97 Å². The minimum absolute atomic E-state index is 0.139. The van der Waals surface area contributed by atoms with Crippen LogP contribution < -0.4 is 0 Å². The van der Waals surface area contributed by atoms with Crippen LogP contribution in [0.15, 0.2) is 10.6 Å². The van der Waals surface area contributed by atoms with Gasteiger partial charge in [0.2, 0.25) is 0 Å². The van der Waals surface area contributed by atoms with Crippen LogP contribution in [0.5, 0.6) is 0 Å². The van der Waals surface area contributed by atoms with Crippen molar-refractivity contribution in [3.8, 4) is 0 Å². The Kier molecular flexibility index (Phi) is 4.93. The Balaban J connectivity index is 1.69. The van der Waals surface area contributed by atoms with Crippen LogP contribution in [-0.4, -0.2) is 60.8 Å². The molecule has 1 saturated heterocycles. The van der Waals surface area contributed by atoms with E-state index in [2.05, 4.69) is 19.7 Å². The average molecular weight is 267 g/mol. The standard InChI is InChI=1S/C13H21N3O3/c1-11-9-12(19-14-11)10-16-7-5-15(6-8-16)4-3-13(17)18-2/h9H,3-8,10H2,1-2H3. The summed E-state index contributed by atoms with van der Waals surface area (Å²) in [6, 6.07) is 1.98. The molecule has 0 radical (unpaired) electrons. The van der Waals surface area contributed by atoms with Crippen molar-refractivity contribution in [3.63, 3.8) is 0 Å². The van der Waals surface area contributed by atoms with Gasteiger partial charge in [-0.25, -0.2) is 0 Å². The number of hydrogen-bond donors (Lipinski definition) is 0. The molecule has 0 saturated carbocycles. The van der Waals surface area contributed by atoms with Crippen molar-refractivity contribution < 1.29 is 14.1 Å². The van der Waals surface area contributed by atoms with Crippen LogP contribution in [0.1, 0.15) is 17.9 Å². The molecule has 1 fully saturated rings. The van der Waals surface area contributed by atoms with Gasteiger partial charge in [-0.3, -0.25) is 9.69 Å². The summed E-state index contributed by atoms with van der Waals surface area (Å²) in [5, 5.41) is 3.89. The summed E-state index contributed by atoms with van der Waals surface area (Å²) < 4.78 is 9.87. The van der Waals surface area contributed by atoms with Gasteiger partial charge in [-0.05, 0) is 6.92 Å². The normalized spacial score (nSPS) is 17.6. The van der Waals surface area contributed by atoms with Crippen LogP contribution in [0, 0.1) is 6.92 Å². The first-order valence-corrected chi connectivity index (χ1v) is 6.61. The summed E-state index contributed by atoms with van der Waals surface area (Å²) in [5.74, 6) is 0.778. The first-order chi connectivity index (χ1) is 9.17. The molecule has 0 atom stereocenters. The van der Waals surface area contributed by atoms with E-state index in [4.69, 9.17) is 4.52 Å². The van der Waals surface area contributed by atoms with Crippen molar-refractivity contribution in [2.75, 3.05) is 39.8 Å². The maximum atomic E-state index is 11.1. The summed E-state index contributed by atoms with van der Waals surface area (Å²) in [6.07, 6.45) is 0.470. The Morgan fingerprint density at radius 2 is 2.05 bits per heavy atom. The number of methoxy groups -OCH3 is 1. The van der Waals surface area contributed by atoms with Gasteiger partial charge in [0, 0.05) is 38.8 Å². The van der Waals surface area contributed by atoms with Crippen molar-refractivity contribution in [2.24, 2.45) is 0 Å². The number of hydrogen-bond acceptors (Lipinski definition) is 6. The van der Waals surface area contributed by atoms with Crippen molar-refractivity contribution in [2.45, 2.75) is 19.9 Å². The molecule has 0 amide bonds. The molecule has 1 aliphatic rings. The van der Waals surface area contributed by atoms with E-state index in [9.17, 15) is 4.79 Å². The Labute approximate surface area is 113 Å². The minimum atomic E-state index is -0.139. The second-order valence-electron chi connectivity index (χ2n) is 4.88. The number of esters is 1. The van der Waals surface area contributed by atoms with Crippen LogP contribution in [0.3, 0.4) is 0 Å². The highest BCUT2D eigenvalue weighted by Gasteiger charge is 2.18. The predicted octanol–water partition coefficient (Wildman–Crippen LogP) is 0.664. The average Bonchev–Trinajstić information content (AvgIpc) is 2.83. The maximum Gasteiger partial charge on any atom is 0.306 e. The van der Waals surface area contributed by atoms with Crippen molar-refractivity contribution in [1.29, 1.82) is 0 Å². The number of carbonyl (C=O) groups is 1. The number of nitrogens with zero attached hydrogens (tertiary/aromatic N) is 3. The van der Waals surface area contributed by atoms with Crippen LogP contribution in [0.25, 0.3) is 0 Å². The molecule has 2 heterocycles. The SMILES string of the molecule is COC(=O)CCN1CCN(Cc2cc(C)no2)CC1. The van der Waals surface area contributed by atoms with Crippen LogP contribution >= 0.6 is 0 Å². The Hall–Kier alpha value is -1.40. The molecule has 19 heavy (non-hydrogen) atoms. The predicted molar refractivity (Wildman–Crippen MR) is 69.6 cm³/mol. The first kappa shape index (κ1) is 14.0. The second-order valence-corrected chi connectivity index (χ2v) is 4.88. The van der Waals surface area contributed by atoms with Crippen LogP contribution in [0.4, 0.5) is 0 Å². The van der Waals surface area contributed by atoms with E-state index in [1.165, 1.54) is 7.11 Å². The number of carbonyl (C=O) groups excluding carboxylic acids is 1. The van der Waals surface area contributed by atoms with E-state index in [1.54, 1.807) is 0 Å². The number of ether oxygens (including phenoxy) is 1. The lowest BCUT2D eigenvalue weighted by atomic mass is 10.2. The fourth-order valence-corrected chi connectivity index (χ4v) is 2.23. The largest absolute Gasteiger partial charge is 0.469 e. The molecule has 1 aliphatic heterocycles. The Morgan fingerprint density at radius 1 is 1.37 bits per heavy atom. The van der Waals surface area contributed by atoms with E-state index in [0.29, 0.717) is 6.42 Å². The van der Waals surface area contributed by atoms with Gasteiger partial charge in [-0.15, -0.1) is 0 Å². The van der Waals surface area contributed by atoms with Crippen molar-refractivity contribution in [1.82, 2.24) is 15.0 Å². The Bertz CT molecular complexity index is 411. The quantitative estimate of drug-likeness (QED) is 0.731. The third-order valence-corrected chi connectivity index (χ3v) is 3.38. The lowest BCUT2D eigenvalue weighted by Gasteiger charge is -2.33. The molecule has 6 nitrogen and oxygen atoms in total. The zero-order valence-corrected chi connectivity index (χ0v) is 11.6. The monoisotopic (exact) mass is 267 g/mol. The molecule has 1 aromatic heterocycles.